The molecule has 1 heterocycles. The van der Waals surface area contributed by atoms with E-state index >= 15 is 0 Å². The van der Waals surface area contributed by atoms with Crippen LogP contribution in [-0.2, 0) is 7.05 Å². The van der Waals surface area contributed by atoms with E-state index in [2.05, 4.69) is 5.10 Å². The maximum absolute atomic E-state index is 11.4. The molecule has 0 aliphatic rings. The summed E-state index contributed by atoms with van der Waals surface area (Å²) in [7, 11) is 1.59. The number of nitrogens with one attached hydrogen (secondary N) is 1. The van der Waals surface area contributed by atoms with Crippen molar-refractivity contribution in [2.75, 3.05) is 0 Å². The number of hydrogen-bond acceptors (Lipinski definition) is 2. The number of hydrogen-bond donors (Lipinski definition) is 2. The van der Waals surface area contributed by atoms with Gasteiger partial charge in [-0.05, 0) is 18.2 Å². The second-order valence-corrected chi connectivity index (χ2v) is 3.04. The molecule has 1 aromatic carbocycles. The highest BCUT2D eigenvalue weighted by atomic mass is 16.4. The average molecular weight is 192 g/mol. The van der Waals surface area contributed by atoms with Gasteiger partial charge in [0.05, 0.1) is 16.5 Å². The first-order chi connectivity index (χ1) is 6.59. The van der Waals surface area contributed by atoms with E-state index in [-0.39, 0.29) is 11.1 Å². The summed E-state index contributed by atoms with van der Waals surface area (Å²) in [5, 5.41) is 11.9. The Balaban J connectivity index is 2.82. The van der Waals surface area contributed by atoms with E-state index in [1.807, 2.05) is 0 Å². The fourth-order valence-corrected chi connectivity index (χ4v) is 1.36. The van der Waals surface area contributed by atoms with Crippen LogP contribution in [0, 0.1) is 0 Å². The van der Waals surface area contributed by atoms with Crippen molar-refractivity contribution in [3.8, 4) is 0 Å². The molecule has 0 radical (unpaired) electrons. The standard InChI is InChI=1S/C9H8N2O3/c1-11-8(12)6-4-5(9(13)14)2-3-7(6)10-11/h2-4,10H,1H3,(H,13,14). The Bertz CT molecular complexity index is 565. The number of carbonyl (C=O) groups is 1. The third-order valence-corrected chi connectivity index (χ3v) is 2.09. The summed E-state index contributed by atoms with van der Waals surface area (Å²) < 4.78 is 1.32. The number of aromatic nitrogens is 2. The van der Waals surface area contributed by atoms with Gasteiger partial charge in [-0.25, -0.2) is 4.79 Å². The van der Waals surface area contributed by atoms with Gasteiger partial charge in [-0.1, -0.05) is 0 Å². The van der Waals surface area contributed by atoms with Crippen molar-refractivity contribution in [3.63, 3.8) is 0 Å². The molecule has 0 amide bonds. The molecule has 2 aromatic rings. The van der Waals surface area contributed by atoms with E-state index in [1.54, 1.807) is 13.1 Å². The largest absolute Gasteiger partial charge is 0.478 e. The van der Waals surface area contributed by atoms with Crippen molar-refractivity contribution in [2.45, 2.75) is 0 Å². The number of carboxylic acid groups (broad SMARTS) is 1. The van der Waals surface area contributed by atoms with Gasteiger partial charge >= 0.3 is 5.97 Å². The molecule has 0 atom stereocenters. The van der Waals surface area contributed by atoms with Crippen LogP contribution in [0.5, 0.6) is 0 Å². The maximum Gasteiger partial charge on any atom is 0.335 e. The van der Waals surface area contributed by atoms with Crippen molar-refractivity contribution >= 4 is 16.9 Å². The van der Waals surface area contributed by atoms with Crippen LogP contribution in [0.15, 0.2) is 23.0 Å². The second-order valence-electron chi connectivity index (χ2n) is 3.04. The first kappa shape index (κ1) is 8.55. The van der Waals surface area contributed by atoms with Crippen LogP contribution in [0.4, 0.5) is 0 Å². The lowest BCUT2D eigenvalue weighted by molar-refractivity contribution is 0.0697. The van der Waals surface area contributed by atoms with Crippen molar-refractivity contribution in [1.82, 2.24) is 9.78 Å². The van der Waals surface area contributed by atoms with Crippen LogP contribution in [0.2, 0.25) is 0 Å². The van der Waals surface area contributed by atoms with Crippen LogP contribution in [0.3, 0.4) is 0 Å². The molecule has 14 heavy (non-hydrogen) atoms. The van der Waals surface area contributed by atoms with Gasteiger partial charge in [0.15, 0.2) is 0 Å². The monoisotopic (exact) mass is 192 g/mol. The predicted octanol–water partition coefficient (Wildman–Crippen LogP) is 0.565. The number of nitrogens with zero attached hydrogens (tertiary/aromatic N) is 1. The Morgan fingerprint density at radius 1 is 1.50 bits per heavy atom. The molecule has 0 saturated heterocycles. The summed E-state index contributed by atoms with van der Waals surface area (Å²) in [5.74, 6) is -1.03. The Kier molecular flexibility index (Phi) is 1.67. The number of aromatic carboxylic acids is 1. The highest BCUT2D eigenvalue weighted by molar-refractivity contribution is 5.93. The zero-order valence-electron chi connectivity index (χ0n) is 7.44. The van der Waals surface area contributed by atoms with Crippen LogP contribution in [0.25, 0.3) is 10.9 Å². The fraction of sp³-hybridized carbons (Fsp3) is 0.111. The number of benzene rings is 1. The fourth-order valence-electron chi connectivity index (χ4n) is 1.36. The number of rotatable bonds is 1. The molecular formula is C9H8N2O3. The summed E-state index contributed by atoms with van der Waals surface area (Å²) >= 11 is 0. The zero-order valence-corrected chi connectivity index (χ0v) is 7.44. The maximum atomic E-state index is 11.4. The highest BCUT2D eigenvalue weighted by Crippen LogP contribution is 2.10. The SMILES string of the molecule is Cn1[nH]c2ccc(C(=O)O)cc2c1=O. The van der Waals surface area contributed by atoms with Crippen molar-refractivity contribution in [2.24, 2.45) is 7.05 Å². The van der Waals surface area contributed by atoms with Gasteiger partial charge in [0.1, 0.15) is 0 Å². The van der Waals surface area contributed by atoms with E-state index in [9.17, 15) is 9.59 Å². The molecule has 5 nitrogen and oxygen atoms in total. The lowest BCUT2D eigenvalue weighted by Gasteiger charge is -1.91. The first-order valence-electron chi connectivity index (χ1n) is 4.01. The van der Waals surface area contributed by atoms with Crippen LogP contribution < -0.4 is 5.56 Å². The van der Waals surface area contributed by atoms with Crippen LogP contribution in [0.1, 0.15) is 10.4 Å². The molecule has 2 N–H and O–H groups in total. The van der Waals surface area contributed by atoms with Crippen LogP contribution >= 0.6 is 0 Å². The molecule has 0 aliphatic heterocycles. The van der Waals surface area contributed by atoms with E-state index in [0.29, 0.717) is 10.9 Å². The summed E-state index contributed by atoms with van der Waals surface area (Å²) in [6, 6.07) is 4.41. The van der Waals surface area contributed by atoms with E-state index in [4.69, 9.17) is 5.11 Å². The molecule has 0 bridgehead atoms. The van der Waals surface area contributed by atoms with Crippen molar-refractivity contribution < 1.29 is 9.90 Å². The summed E-state index contributed by atoms with van der Waals surface area (Å²) in [5.41, 5.74) is 0.541. The van der Waals surface area contributed by atoms with Gasteiger partial charge < -0.3 is 5.11 Å². The number of H-pyrrole nitrogens is 1. The smallest absolute Gasteiger partial charge is 0.335 e. The van der Waals surface area contributed by atoms with Crippen LogP contribution in [-0.4, -0.2) is 20.9 Å². The van der Waals surface area contributed by atoms with E-state index in [1.165, 1.54) is 16.8 Å². The Morgan fingerprint density at radius 3 is 2.86 bits per heavy atom. The number of aryl methyl sites for hydroxylation is 1. The normalized spacial score (nSPS) is 10.6. The second kappa shape index (κ2) is 2.73. The molecule has 1 aromatic heterocycles. The van der Waals surface area contributed by atoms with Crippen molar-refractivity contribution in [1.29, 1.82) is 0 Å². The number of fused-ring (bicyclic) bond motifs is 1. The van der Waals surface area contributed by atoms with Gasteiger partial charge in [-0.2, -0.15) is 0 Å². The third-order valence-electron chi connectivity index (χ3n) is 2.09. The lowest BCUT2D eigenvalue weighted by atomic mass is 10.1. The topological polar surface area (TPSA) is 75.1 Å². The summed E-state index contributed by atoms with van der Waals surface area (Å²) in [6.07, 6.45) is 0. The first-order valence-corrected chi connectivity index (χ1v) is 4.01. The highest BCUT2D eigenvalue weighted by Gasteiger charge is 2.08. The molecule has 0 saturated carbocycles. The summed E-state index contributed by atoms with van der Waals surface area (Å²) in [4.78, 5) is 22.1. The van der Waals surface area contributed by atoms with Gasteiger partial charge in [-0.15, -0.1) is 0 Å². The molecule has 2 rings (SSSR count). The number of aromatic amines is 1. The minimum atomic E-state index is -1.03. The van der Waals surface area contributed by atoms with Gasteiger partial charge in [0.25, 0.3) is 5.56 Å². The Hall–Kier alpha value is -2.04. The zero-order chi connectivity index (χ0) is 10.3. The summed E-state index contributed by atoms with van der Waals surface area (Å²) in [6.45, 7) is 0. The lowest BCUT2D eigenvalue weighted by Crippen LogP contribution is -2.11. The van der Waals surface area contributed by atoms with E-state index in [0.717, 1.165) is 0 Å². The Labute approximate surface area is 78.6 Å². The quantitative estimate of drug-likeness (QED) is 0.693. The Morgan fingerprint density at radius 2 is 2.21 bits per heavy atom. The number of carboxylic acids is 1. The minimum absolute atomic E-state index is 0.120. The molecule has 0 unspecified atom stereocenters. The minimum Gasteiger partial charge on any atom is -0.478 e. The predicted molar refractivity (Wildman–Crippen MR) is 50.5 cm³/mol. The van der Waals surface area contributed by atoms with Gasteiger partial charge in [0, 0.05) is 7.05 Å². The molecule has 72 valence electrons. The third kappa shape index (κ3) is 1.10. The molecule has 0 aliphatic carbocycles. The molecule has 0 fully saturated rings. The molecule has 5 heteroatoms. The van der Waals surface area contributed by atoms with E-state index < -0.39 is 5.97 Å². The molecular weight excluding hydrogens is 184 g/mol. The van der Waals surface area contributed by atoms with Gasteiger partial charge in [0.2, 0.25) is 0 Å². The molecule has 0 spiro atoms. The average Bonchev–Trinajstić information content (AvgIpc) is 2.43. The van der Waals surface area contributed by atoms with Gasteiger partial charge in [-0.3, -0.25) is 14.6 Å². The van der Waals surface area contributed by atoms with Crippen molar-refractivity contribution in [3.05, 3.63) is 34.1 Å².